The Kier molecular flexibility index (Phi) is 8.22. The van der Waals surface area contributed by atoms with Crippen molar-refractivity contribution in [1.29, 1.82) is 0 Å². The molecule has 0 radical (unpaired) electrons. The van der Waals surface area contributed by atoms with E-state index < -0.39 is 45.4 Å². The highest BCUT2D eigenvalue weighted by atomic mass is 32.2. The lowest BCUT2D eigenvalue weighted by Crippen LogP contribution is -2.41. The molecule has 156 valence electrons. The number of nitrogens with zero attached hydrogens (tertiary/aromatic N) is 1. The Labute approximate surface area is 162 Å². The number of hydrogen-bond acceptors (Lipinski definition) is 4. The quantitative estimate of drug-likeness (QED) is 0.656. The van der Waals surface area contributed by atoms with Gasteiger partial charge in [0.15, 0.2) is 0 Å². The number of benzene rings is 1. The molecular weight excluding hydrogens is 397 g/mol. The largest absolute Gasteiger partial charge is 0.474 e. The monoisotopic (exact) mass is 420 g/mol. The van der Waals surface area contributed by atoms with Crippen molar-refractivity contribution in [2.24, 2.45) is 10.3 Å². The molecule has 0 bridgehead atoms. The first-order chi connectivity index (χ1) is 12.9. The number of amides is 2. The van der Waals surface area contributed by atoms with Crippen LogP contribution < -0.4 is 4.72 Å². The van der Waals surface area contributed by atoms with Crippen molar-refractivity contribution in [3.63, 3.8) is 0 Å². The Morgan fingerprint density at radius 3 is 2.32 bits per heavy atom. The second-order valence-electron chi connectivity index (χ2n) is 6.23. The molecular formula is C18H23F3N2O4S. The second kappa shape index (κ2) is 9.72. The number of ether oxygens (including phenoxy) is 1. The zero-order chi connectivity index (χ0) is 21.5. The van der Waals surface area contributed by atoms with E-state index in [4.69, 9.17) is 4.74 Å². The molecule has 1 aromatic rings. The molecule has 0 heterocycles. The van der Waals surface area contributed by atoms with E-state index in [2.05, 4.69) is 10.9 Å². The standard InChI is InChI=1S/C18H23F3N2O4S/c1-5-9-12(2)14(4)28(26,22-16(24)18(19,20)21)23-17(25)27-13(3)15-10-7-6-8-11-15/h5-8,10-14H,1,9H2,2-4H3,(H,22,23,24,25,26)/t12-,13-,14+,28?/m0/s1. The highest BCUT2D eigenvalue weighted by Gasteiger charge is 2.41. The predicted molar refractivity (Wildman–Crippen MR) is 99.5 cm³/mol. The van der Waals surface area contributed by atoms with Crippen LogP contribution in [0.25, 0.3) is 0 Å². The van der Waals surface area contributed by atoms with E-state index in [1.54, 1.807) is 44.2 Å². The molecule has 0 saturated carbocycles. The lowest BCUT2D eigenvalue weighted by molar-refractivity contribution is -0.169. The fourth-order valence-electron chi connectivity index (χ4n) is 2.24. The SMILES string of the molecule is C=CC[C@H](C)[C@@H](C)S(=O)(=NC(=O)C(F)(F)F)NC(=O)O[C@@H](C)c1ccccc1. The van der Waals surface area contributed by atoms with Crippen LogP contribution in [0, 0.1) is 5.92 Å². The van der Waals surface area contributed by atoms with Gasteiger partial charge in [-0.05, 0) is 31.7 Å². The normalized spacial score (nSPS) is 16.8. The fourth-order valence-corrected chi connectivity index (χ4v) is 4.01. The highest BCUT2D eigenvalue weighted by Crippen LogP contribution is 2.23. The molecule has 1 unspecified atom stereocenters. The van der Waals surface area contributed by atoms with E-state index >= 15 is 0 Å². The third-order valence-corrected chi connectivity index (χ3v) is 6.46. The van der Waals surface area contributed by atoms with Gasteiger partial charge in [-0.3, -0.25) is 4.79 Å². The van der Waals surface area contributed by atoms with E-state index in [1.165, 1.54) is 13.0 Å². The summed E-state index contributed by atoms with van der Waals surface area (Å²) in [7, 11) is -4.12. The molecule has 1 rings (SSSR count). The number of alkyl halides is 3. The first-order valence-electron chi connectivity index (χ1n) is 8.42. The van der Waals surface area contributed by atoms with Gasteiger partial charge in [0.25, 0.3) is 0 Å². The molecule has 0 aromatic heterocycles. The molecule has 0 saturated heterocycles. The van der Waals surface area contributed by atoms with Crippen LogP contribution in [0.2, 0.25) is 0 Å². The minimum absolute atomic E-state index is 0.297. The molecule has 1 N–H and O–H groups in total. The summed E-state index contributed by atoms with van der Waals surface area (Å²) in [6.45, 7) is 7.99. The molecule has 2 amide bonds. The van der Waals surface area contributed by atoms with E-state index in [0.29, 0.717) is 12.0 Å². The number of hydrogen-bond donors (Lipinski definition) is 1. The zero-order valence-corrected chi connectivity index (χ0v) is 16.5. The van der Waals surface area contributed by atoms with Crippen LogP contribution in [0.1, 0.15) is 38.9 Å². The maximum Gasteiger partial charge on any atom is 0.474 e. The molecule has 0 aliphatic carbocycles. The fraction of sp³-hybridized carbons (Fsp3) is 0.444. The third-order valence-electron chi connectivity index (χ3n) is 4.09. The van der Waals surface area contributed by atoms with Crippen molar-refractivity contribution < 1.29 is 31.7 Å². The number of carbonyl (C=O) groups excluding carboxylic acids is 2. The van der Waals surface area contributed by atoms with E-state index in [9.17, 15) is 27.0 Å². The van der Waals surface area contributed by atoms with Gasteiger partial charge in [-0.25, -0.2) is 13.7 Å². The van der Waals surface area contributed by atoms with Crippen LogP contribution in [0.15, 0.2) is 47.3 Å². The first-order valence-corrected chi connectivity index (χ1v) is 10.00. The van der Waals surface area contributed by atoms with Crippen LogP contribution in [0.5, 0.6) is 0 Å². The Hall–Kier alpha value is -2.36. The van der Waals surface area contributed by atoms with E-state index in [-0.39, 0.29) is 0 Å². The molecule has 0 aliphatic rings. The molecule has 0 aliphatic heterocycles. The van der Waals surface area contributed by atoms with Crippen molar-refractivity contribution >= 4 is 21.9 Å². The zero-order valence-electron chi connectivity index (χ0n) is 15.7. The lowest BCUT2D eigenvalue weighted by atomic mass is 10.1. The van der Waals surface area contributed by atoms with Gasteiger partial charge in [-0.15, -0.1) is 10.9 Å². The molecule has 28 heavy (non-hydrogen) atoms. The maximum absolute atomic E-state index is 13.1. The van der Waals surface area contributed by atoms with Gasteiger partial charge in [-0.2, -0.15) is 13.2 Å². The van der Waals surface area contributed by atoms with Gasteiger partial charge in [0.1, 0.15) is 16.0 Å². The van der Waals surface area contributed by atoms with Crippen LogP contribution in [0.4, 0.5) is 18.0 Å². The summed E-state index contributed by atoms with van der Waals surface area (Å²) in [5.74, 6) is -3.01. The van der Waals surface area contributed by atoms with Crippen LogP contribution in [0.3, 0.4) is 0 Å². The maximum atomic E-state index is 13.1. The molecule has 10 heteroatoms. The summed E-state index contributed by atoms with van der Waals surface area (Å²) in [4.78, 5) is 23.5. The van der Waals surface area contributed by atoms with Crippen molar-refractivity contribution in [2.75, 3.05) is 0 Å². The topological polar surface area (TPSA) is 84.8 Å². The van der Waals surface area contributed by atoms with Crippen molar-refractivity contribution in [2.45, 2.75) is 44.7 Å². The Morgan fingerprint density at radius 1 is 1.25 bits per heavy atom. The van der Waals surface area contributed by atoms with Crippen LogP contribution in [-0.4, -0.2) is 27.6 Å². The summed E-state index contributed by atoms with van der Waals surface area (Å²) >= 11 is 0. The minimum atomic E-state index is -5.31. The van der Waals surface area contributed by atoms with E-state index in [0.717, 1.165) is 0 Å². The smallest absolute Gasteiger partial charge is 0.441 e. The van der Waals surface area contributed by atoms with Gasteiger partial charge < -0.3 is 4.74 Å². The highest BCUT2D eigenvalue weighted by molar-refractivity contribution is 7.93. The third kappa shape index (κ3) is 6.66. The summed E-state index contributed by atoms with van der Waals surface area (Å²) in [5.41, 5.74) is 0.625. The average molecular weight is 420 g/mol. The average Bonchev–Trinajstić information content (AvgIpc) is 2.60. The summed E-state index contributed by atoms with van der Waals surface area (Å²) < 4.78 is 60.7. The van der Waals surface area contributed by atoms with Gasteiger partial charge in [0.2, 0.25) is 0 Å². The minimum Gasteiger partial charge on any atom is -0.441 e. The number of nitrogens with one attached hydrogen (secondary N) is 1. The van der Waals surface area contributed by atoms with Gasteiger partial charge in [-0.1, -0.05) is 43.3 Å². The molecule has 1 aromatic carbocycles. The lowest BCUT2D eigenvalue weighted by Gasteiger charge is -2.24. The van der Waals surface area contributed by atoms with Gasteiger partial charge >= 0.3 is 18.2 Å². The Bertz CT molecular complexity index is 818. The summed E-state index contributed by atoms with van der Waals surface area (Å²) in [5, 5.41) is -1.07. The molecule has 6 nitrogen and oxygen atoms in total. The Morgan fingerprint density at radius 2 is 1.82 bits per heavy atom. The van der Waals surface area contributed by atoms with Crippen molar-refractivity contribution in [3.05, 3.63) is 48.6 Å². The summed E-state index contributed by atoms with van der Waals surface area (Å²) in [6.07, 6.45) is -5.53. The molecule has 4 atom stereocenters. The molecule has 0 fully saturated rings. The van der Waals surface area contributed by atoms with Gasteiger partial charge in [0, 0.05) is 0 Å². The number of allylic oxidation sites excluding steroid dienone is 1. The van der Waals surface area contributed by atoms with Crippen molar-refractivity contribution in [3.8, 4) is 0 Å². The van der Waals surface area contributed by atoms with E-state index in [1.807, 2.05) is 4.72 Å². The molecule has 0 spiro atoms. The predicted octanol–water partition coefficient (Wildman–Crippen LogP) is 4.55. The first kappa shape index (κ1) is 23.7. The van der Waals surface area contributed by atoms with Crippen LogP contribution >= 0.6 is 0 Å². The van der Waals surface area contributed by atoms with Crippen LogP contribution in [-0.2, 0) is 19.4 Å². The summed E-state index contributed by atoms with van der Waals surface area (Å²) in [6, 6.07) is 8.55. The number of carbonyl (C=O) groups is 2. The van der Waals surface area contributed by atoms with Crippen molar-refractivity contribution in [1.82, 2.24) is 4.72 Å². The van der Waals surface area contributed by atoms with Gasteiger partial charge in [0.05, 0.1) is 5.25 Å². The number of halogens is 3. The Balaban J connectivity index is 3.13. The second-order valence-corrected chi connectivity index (χ2v) is 8.50. The number of rotatable bonds is 7.